The van der Waals surface area contributed by atoms with Crippen LogP contribution >= 0.6 is 0 Å². The molecule has 0 aliphatic rings. The minimum Gasteiger partial charge on any atom is -0.507 e. The molecule has 4 heteroatoms. The summed E-state index contributed by atoms with van der Waals surface area (Å²) in [4.78, 5) is 11.0. The molecule has 1 atom stereocenters. The summed E-state index contributed by atoms with van der Waals surface area (Å²) in [6, 6.07) is 2.64. The number of aromatic carboxylic acids is 1. The number of carbonyl (C=O) groups is 1. The molecule has 0 fully saturated rings. The van der Waals surface area contributed by atoms with E-state index in [1.165, 1.54) is 6.07 Å². The third-order valence-corrected chi connectivity index (χ3v) is 2.62. The van der Waals surface area contributed by atoms with E-state index in [1.54, 1.807) is 13.0 Å². The summed E-state index contributed by atoms with van der Waals surface area (Å²) in [5, 5.41) is 18.9. The number of rotatable bonds is 4. The highest BCUT2D eigenvalue weighted by Crippen LogP contribution is 2.32. The molecule has 0 radical (unpaired) electrons. The van der Waals surface area contributed by atoms with Gasteiger partial charge in [0.15, 0.2) is 0 Å². The largest absolute Gasteiger partial charge is 0.507 e. The zero-order valence-corrected chi connectivity index (χ0v) is 9.53. The Morgan fingerprint density at radius 3 is 2.62 bits per heavy atom. The lowest BCUT2D eigenvalue weighted by atomic mass is 9.94. The minimum absolute atomic E-state index is 0.000787. The van der Waals surface area contributed by atoms with Crippen LogP contribution in [0.25, 0.3) is 0 Å². The predicted molar refractivity (Wildman–Crippen MR) is 61.6 cm³/mol. The monoisotopic (exact) mass is 223 g/mol. The van der Waals surface area contributed by atoms with Gasteiger partial charge in [0.1, 0.15) is 5.75 Å². The van der Waals surface area contributed by atoms with E-state index in [0.717, 1.165) is 6.42 Å². The van der Waals surface area contributed by atoms with Crippen LogP contribution in [0.2, 0.25) is 0 Å². The van der Waals surface area contributed by atoms with Crippen LogP contribution in [0.1, 0.15) is 47.3 Å². The number of benzene rings is 1. The number of carboxylic acid groups (broad SMARTS) is 1. The topological polar surface area (TPSA) is 83.6 Å². The summed E-state index contributed by atoms with van der Waals surface area (Å²) >= 11 is 0. The number of hydrogen-bond donors (Lipinski definition) is 3. The lowest BCUT2D eigenvalue weighted by Gasteiger charge is -2.16. The third kappa shape index (κ3) is 2.33. The normalized spacial score (nSPS) is 12.4. The zero-order valence-electron chi connectivity index (χ0n) is 9.53. The fourth-order valence-corrected chi connectivity index (χ4v) is 1.73. The van der Waals surface area contributed by atoms with Crippen molar-refractivity contribution in [1.82, 2.24) is 0 Å². The van der Waals surface area contributed by atoms with Gasteiger partial charge in [-0.25, -0.2) is 4.79 Å². The molecule has 1 aromatic rings. The number of aromatic hydroxyl groups is 1. The first-order valence-electron chi connectivity index (χ1n) is 5.30. The number of hydrogen-bond acceptors (Lipinski definition) is 3. The smallest absolute Gasteiger partial charge is 0.336 e. The van der Waals surface area contributed by atoms with Gasteiger partial charge in [0, 0.05) is 11.6 Å². The van der Waals surface area contributed by atoms with Crippen molar-refractivity contribution in [3.8, 4) is 5.75 Å². The number of aryl methyl sites for hydroxylation is 1. The Morgan fingerprint density at radius 2 is 2.12 bits per heavy atom. The van der Waals surface area contributed by atoms with Gasteiger partial charge in [0.05, 0.1) is 5.56 Å². The second kappa shape index (κ2) is 4.99. The Balaban J connectivity index is 3.31. The first kappa shape index (κ1) is 12.5. The summed E-state index contributed by atoms with van der Waals surface area (Å²) in [6.45, 7) is 3.69. The van der Waals surface area contributed by atoms with Crippen molar-refractivity contribution < 1.29 is 15.0 Å². The lowest BCUT2D eigenvalue weighted by Crippen LogP contribution is -2.15. The molecule has 0 bridgehead atoms. The van der Waals surface area contributed by atoms with E-state index in [4.69, 9.17) is 10.8 Å². The molecule has 0 aliphatic carbocycles. The maximum absolute atomic E-state index is 11.0. The van der Waals surface area contributed by atoms with Crippen molar-refractivity contribution in [2.75, 3.05) is 0 Å². The molecule has 0 amide bonds. The highest BCUT2D eigenvalue weighted by atomic mass is 16.4. The Morgan fingerprint density at radius 1 is 1.50 bits per heavy atom. The van der Waals surface area contributed by atoms with Crippen LogP contribution in [0.4, 0.5) is 0 Å². The van der Waals surface area contributed by atoms with E-state index in [0.29, 0.717) is 17.5 Å². The number of nitrogens with two attached hydrogens (primary N) is 1. The van der Waals surface area contributed by atoms with Crippen LogP contribution in [0.5, 0.6) is 5.75 Å². The minimum atomic E-state index is -1.06. The van der Waals surface area contributed by atoms with Crippen LogP contribution < -0.4 is 5.73 Å². The summed E-state index contributed by atoms with van der Waals surface area (Å²) in [5.41, 5.74) is 6.96. The molecule has 88 valence electrons. The first-order chi connectivity index (χ1) is 7.49. The van der Waals surface area contributed by atoms with E-state index in [9.17, 15) is 9.90 Å². The van der Waals surface area contributed by atoms with Crippen LogP contribution in [0.3, 0.4) is 0 Å². The van der Waals surface area contributed by atoms with Crippen LogP contribution in [0.15, 0.2) is 12.1 Å². The number of phenols is 1. The molecule has 0 unspecified atom stereocenters. The highest BCUT2D eigenvalue weighted by Gasteiger charge is 2.20. The second-order valence-electron chi connectivity index (χ2n) is 3.89. The molecule has 0 heterocycles. The van der Waals surface area contributed by atoms with E-state index in [1.807, 2.05) is 6.92 Å². The molecule has 0 saturated carbocycles. The van der Waals surface area contributed by atoms with E-state index in [2.05, 4.69) is 0 Å². The molecule has 4 nitrogen and oxygen atoms in total. The molecule has 0 aromatic heterocycles. The molecule has 0 spiro atoms. The summed E-state index contributed by atoms with van der Waals surface area (Å²) in [5.74, 6) is -1.06. The fraction of sp³-hybridized carbons (Fsp3) is 0.417. The van der Waals surface area contributed by atoms with Crippen LogP contribution in [-0.2, 0) is 0 Å². The first-order valence-corrected chi connectivity index (χ1v) is 5.30. The average Bonchev–Trinajstić information content (AvgIpc) is 2.21. The number of phenolic OH excluding ortho intramolecular Hbond substituents is 1. The maximum atomic E-state index is 11.0. The van der Waals surface area contributed by atoms with Crippen molar-refractivity contribution in [3.63, 3.8) is 0 Å². The molecular weight excluding hydrogens is 206 g/mol. The molecule has 4 N–H and O–H groups in total. The van der Waals surface area contributed by atoms with Crippen molar-refractivity contribution in [2.45, 2.75) is 32.7 Å². The van der Waals surface area contributed by atoms with Gasteiger partial charge in [-0.2, -0.15) is 0 Å². The van der Waals surface area contributed by atoms with Gasteiger partial charge >= 0.3 is 5.97 Å². The number of carboxylic acids is 1. The van der Waals surface area contributed by atoms with Crippen molar-refractivity contribution in [1.29, 1.82) is 0 Å². The van der Waals surface area contributed by atoms with Gasteiger partial charge in [0.2, 0.25) is 0 Å². The average molecular weight is 223 g/mol. The molecule has 1 aromatic carbocycles. The van der Waals surface area contributed by atoms with E-state index >= 15 is 0 Å². The summed E-state index contributed by atoms with van der Waals surface area (Å²) < 4.78 is 0. The Bertz CT molecular complexity index is 401. The molecule has 1 rings (SSSR count). The quantitative estimate of drug-likeness (QED) is 0.730. The fourth-order valence-electron chi connectivity index (χ4n) is 1.73. The molecule has 16 heavy (non-hydrogen) atoms. The van der Waals surface area contributed by atoms with Crippen LogP contribution in [0, 0.1) is 6.92 Å². The lowest BCUT2D eigenvalue weighted by molar-refractivity contribution is 0.0694. The Hall–Kier alpha value is -1.55. The van der Waals surface area contributed by atoms with Crippen molar-refractivity contribution >= 4 is 5.97 Å². The standard InChI is InChI=1S/C12H17NO3/c1-3-4-9(13)10-8(12(15)16)6-5-7(2)11(10)14/h5-6,9,14H,3-4,13H2,1-2H3,(H,15,16)/t9-/m0/s1. The molecular formula is C12H17NO3. The summed E-state index contributed by atoms with van der Waals surface area (Å²) in [6.07, 6.45) is 1.49. The third-order valence-electron chi connectivity index (χ3n) is 2.62. The van der Waals surface area contributed by atoms with Crippen molar-refractivity contribution in [2.24, 2.45) is 5.73 Å². The van der Waals surface area contributed by atoms with Gasteiger partial charge in [-0.1, -0.05) is 19.4 Å². The maximum Gasteiger partial charge on any atom is 0.336 e. The van der Waals surface area contributed by atoms with E-state index < -0.39 is 12.0 Å². The highest BCUT2D eigenvalue weighted by molar-refractivity contribution is 5.90. The predicted octanol–water partition coefficient (Wildman–Crippen LogP) is 2.20. The molecule has 0 aliphatic heterocycles. The second-order valence-corrected chi connectivity index (χ2v) is 3.89. The van der Waals surface area contributed by atoms with Gasteiger partial charge in [-0.3, -0.25) is 0 Å². The molecule has 0 saturated heterocycles. The van der Waals surface area contributed by atoms with Crippen molar-refractivity contribution in [3.05, 3.63) is 28.8 Å². The zero-order chi connectivity index (χ0) is 12.3. The van der Waals surface area contributed by atoms with Gasteiger partial charge in [0.25, 0.3) is 0 Å². The Labute approximate surface area is 94.7 Å². The van der Waals surface area contributed by atoms with Gasteiger partial charge < -0.3 is 15.9 Å². The van der Waals surface area contributed by atoms with E-state index in [-0.39, 0.29) is 11.3 Å². The summed E-state index contributed by atoms with van der Waals surface area (Å²) in [7, 11) is 0. The Kier molecular flexibility index (Phi) is 3.90. The SMILES string of the molecule is CCC[C@H](N)c1c(C(=O)O)ccc(C)c1O. The van der Waals surface area contributed by atoms with Crippen LogP contribution in [-0.4, -0.2) is 16.2 Å². The van der Waals surface area contributed by atoms with Gasteiger partial charge in [-0.15, -0.1) is 0 Å². The van der Waals surface area contributed by atoms with Gasteiger partial charge in [-0.05, 0) is 25.0 Å².